The summed E-state index contributed by atoms with van der Waals surface area (Å²) in [5.74, 6) is -1.02. The van der Waals surface area contributed by atoms with Crippen LogP contribution in [0, 0.1) is 10.1 Å². The summed E-state index contributed by atoms with van der Waals surface area (Å²) in [6, 6.07) is 12.2. The average molecular weight is 431 g/mol. The van der Waals surface area contributed by atoms with Crippen molar-refractivity contribution in [3.05, 3.63) is 80.2 Å². The number of nitro groups is 1. The lowest BCUT2D eigenvalue weighted by molar-refractivity contribution is -0.384. The number of thiophene rings is 1. The fraction of sp³-hybridized carbons (Fsp3) is 0.100. The molecular weight excluding hydrogens is 416 g/mol. The maximum atomic E-state index is 12.6. The van der Waals surface area contributed by atoms with Crippen molar-refractivity contribution in [2.75, 3.05) is 11.9 Å². The Morgan fingerprint density at radius 2 is 1.93 bits per heavy atom. The quantitative estimate of drug-likeness (QED) is 0.320. The number of non-ortho nitro benzene ring substituents is 1. The summed E-state index contributed by atoms with van der Waals surface area (Å²) in [4.78, 5) is 35.5. The number of halogens is 1. The minimum absolute atomic E-state index is 0.0591. The standard InChI is InChI=1S/C20H15ClN2O5S/c1-2-28-20(25)17-16(12-6-8-15(9-7-12)23(26)27)11-29-19(17)22-18(24)13-4-3-5-14(21)10-13/h3-11H,2H2,1H3,(H,22,24). The lowest BCUT2D eigenvalue weighted by atomic mass is 10.0. The minimum Gasteiger partial charge on any atom is -0.462 e. The first-order valence-electron chi connectivity index (χ1n) is 8.51. The molecule has 0 saturated carbocycles. The summed E-state index contributed by atoms with van der Waals surface area (Å²) in [5.41, 5.74) is 1.60. The number of hydrogen-bond acceptors (Lipinski definition) is 6. The van der Waals surface area contributed by atoms with Crippen molar-refractivity contribution in [1.82, 2.24) is 0 Å². The molecule has 0 unspecified atom stereocenters. The Kier molecular flexibility index (Phi) is 6.26. The number of ether oxygens (including phenoxy) is 1. The van der Waals surface area contributed by atoms with Gasteiger partial charge < -0.3 is 10.1 Å². The summed E-state index contributed by atoms with van der Waals surface area (Å²) in [6.45, 7) is 1.84. The van der Waals surface area contributed by atoms with E-state index in [1.165, 1.54) is 18.2 Å². The molecule has 3 aromatic rings. The molecule has 1 amide bonds. The molecule has 0 aliphatic rings. The number of carbonyl (C=O) groups excluding carboxylic acids is 2. The van der Waals surface area contributed by atoms with Crippen LogP contribution in [0.15, 0.2) is 53.9 Å². The Morgan fingerprint density at radius 3 is 2.55 bits per heavy atom. The van der Waals surface area contributed by atoms with Crippen LogP contribution in [0.2, 0.25) is 5.02 Å². The maximum Gasteiger partial charge on any atom is 0.341 e. The molecular formula is C20H15ClN2O5S. The third kappa shape index (κ3) is 4.61. The molecule has 148 valence electrons. The fourth-order valence-electron chi connectivity index (χ4n) is 2.64. The molecule has 1 heterocycles. The van der Waals surface area contributed by atoms with Gasteiger partial charge >= 0.3 is 5.97 Å². The van der Waals surface area contributed by atoms with E-state index in [-0.39, 0.29) is 17.9 Å². The van der Waals surface area contributed by atoms with Gasteiger partial charge in [0.15, 0.2) is 0 Å². The number of rotatable bonds is 6. The van der Waals surface area contributed by atoms with Crippen molar-refractivity contribution in [3.63, 3.8) is 0 Å². The summed E-state index contributed by atoms with van der Waals surface area (Å²) in [7, 11) is 0. The Bertz CT molecular complexity index is 1080. The second-order valence-electron chi connectivity index (χ2n) is 5.84. The highest BCUT2D eigenvalue weighted by Crippen LogP contribution is 2.37. The summed E-state index contributed by atoms with van der Waals surface area (Å²) in [6.07, 6.45) is 0. The molecule has 0 radical (unpaired) electrons. The van der Waals surface area contributed by atoms with Crippen LogP contribution >= 0.6 is 22.9 Å². The first kappa shape index (κ1) is 20.5. The number of anilines is 1. The van der Waals surface area contributed by atoms with Crippen molar-refractivity contribution in [3.8, 4) is 11.1 Å². The van der Waals surface area contributed by atoms with Gasteiger partial charge in [-0.25, -0.2) is 4.79 Å². The lowest BCUT2D eigenvalue weighted by Gasteiger charge is -2.09. The number of carbonyl (C=O) groups is 2. The van der Waals surface area contributed by atoms with Gasteiger partial charge in [0, 0.05) is 33.7 Å². The normalized spacial score (nSPS) is 10.4. The Labute approximate surface area is 175 Å². The van der Waals surface area contributed by atoms with Gasteiger partial charge in [0.25, 0.3) is 11.6 Å². The third-order valence-electron chi connectivity index (χ3n) is 3.97. The molecule has 0 aliphatic carbocycles. The zero-order valence-electron chi connectivity index (χ0n) is 15.2. The molecule has 1 N–H and O–H groups in total. The van der Waals surface area contributed by atoms with Crippen molar-refractivity contribution < 1.29 is 19.2 Å². The number of benzene rings is 2. The average Bonchev–Trinajstić information content (AvgIpc) is 3.11. The van der Waals surface area contributed by atoms with Crippen LogP contribution in [-0.2, 0) is 4.74 Å². The van der Waals surface area contributed by atoms with Crippen LogP contribution in [0.4, 0.5) is 10.7 Å². The van der Waals surface area contributed by atoms with Gasteiger partial charge in [-0.05, 0) is 42.8 Å². The second-order valence-corrected chi connectivity index (χ2v) is 7.16. The number of esters is 1. The van der Waals surface area contributed by atoms with Gasteiger partial charge in [0.1, 0.15) is 10.6 Å². The van der Waals surface area contributed by atoms with Crippen LogP contribution in [-0.4, -0.2) is 23.4 Å². The van der Waals surface area contributed by atoms with Gasteiger partial charge in [-0.2, -0.15) is 0 Å². The molecule has 7 nitrogen and oxygen atoms in total. The smallest absolute Gasteiger partial charge is 0.341 e. The number of hydrogen-bond donors (Lipinski definition) is 1. The number of nitro benzene ring substituents is 1. The first-order chi connectivity index (χ1) is 13.9. The van der Waals surface area contributed by atoms with Crippen molar-refractivity contribution in [2.24, 2.45) is 0 Å². The highest BCUT2D eigenvalue weighted by Gasteiger charge is 2.23. The van der Waals surface area contributed by atoms with E-state index in [1.54, 1.807) is 42.6 Å². The third-order valence-corrected chi connectivity index (χ3v) is 5.10. The van der Waals surface area contributed by atoms with Crippen molar-refractivity contribution in [2.45, 2.75) is 6.92 Å². The molecule has 1 aromatic heterocycles. The van der Waals surface area contributed by atoms with Crippen LogP contribution in [0.1, 0.15) is 27.6 Å². The van der Waals surface area contributed by atoms with Gasteiger partial charge in [-0.1, -0.05) is 17.7 Å². The van der Waals surface area contributed by atoms with Gasteiger partial charge in [-0.3, -0.25) is 14.9 Å². The van der Waals surface area contributed by atoms with Crippen LogP contribution in [0.3, 0.4) is 0 Å². The van der Waals surface area contributed by atoms with E-state index in [0.29, 0.717) is 26.7 Å². The highest BCUT2D eigenvalue weighted by molar-refractivity contribution is 7.15. The molecule has 2 aromatic carbocycles. The summed E-state index contributed by atoms with van der Waals surface area (Å²) < 4.78 is 5.14. The monoisotopic (exact) mass is 430 g/mol. The van der Waals surface area contributed by atoms with E-state index >= 15 is 0 Å². The van der Waals surface area contributed by atoms with E-state index in [2.05, 4.69) is 5.32 Å². The zero-order chi connectivity index (χ0) is 21.0. The molecule has 0 saturated heterocycles. The van der Waals surface area contributed by atoms with Crippen molar-refractivity contribution in [1.29, 1.82) is 0 Å². The summed E-state index contributed by atoms with van der Waals surface area (Å²) in [5, 5.41) is 16.0. The molecule has 0 aliphatic heterocycles. The van der Waals surface area contributed by atoms with E-state index in [4.69, 9.17) is 16.3 Å². The highest BCUT2D eigenvalue weighted by atomic mass is 35.5. The molecule has 0 spiro atoms. The van der Waals surface area contributed by atoms with E-state index in [1.807, 2.05) is 0 Å². The van der Waals surface area contributed by atoms with Gasteiger partial charge in [0.05, 0.1) is 11.5 Å². The largest absolute Gasteiger partial charge is 0.462 e. The predicted octanol–water partition coefficient (Wildman–Crippen LogP) is 5.41. The number of nitrogens with one attached hydrogen (secondary N) is 1. The maximum absolute atomic E-state index is 12.6. The minimum atomic E-state index is -0.594. The van der Waals surface area contributed by atoms with Crippen LogP contribution in [0.25, 0.3) is 11.1 Å². The Hall–Kier alpha value is -3.23. The van der Waals surface area contributed by atoms with Crippen molar-refractivity contribution >= 4 is 45.5 Å². The molecule has 0 bridgehead atoms. The van der Waals surface area contributed by atoms with E-state index in [0.717, 1.165) is 11.3 Å². The van der Waals surface area contributed by atoms with Gasteiger partial charge in [0.2, 0.25) is 0 Å². The summed E-state index contributed by atoms with van der Waals surface area (Å²) >= 11 is 7.10. The predicted molar refractivity (Wildman–Crippen MR) is 112 cm³/mol. The Morgan fingerprint density at radius 1 is 1.21 bits per heavy atom. The van der Waals surface area contributed by atoms with Gasteiger partial charge in [-0.15, -0.1) is 11.3 Å². The van der Waals surface area contributed by atoms with Crippen LogP contribution in [0.5, 0.6) is 0 Å². The van der Waals surface area contributed by atoms with Crippen LogP contribution < -0.4 is 5.32 Å². The Balaban J connectivity index is 1.98. The van der Waals surface area contributed by atoms with E-state index in [9.17, 15) is 19.7 Å². The SMILES string of the molecule is CCOC(=O)c1c(-c2ccc([N+](=O)[O-])cc2)csc1NC(=O)c1cccc(Cl)c1. The first-order valence-corrected chi connectivity index (χ1v) is 9.76. The molecule has 3 rings (SSSR count). The molecule has 9 heteroatoms. The number of amides is 1. The number of nitrogens with zero attached hydrogens (tertiary/aromatic N) is 1. The van der Waals surface area contributed by atoms with E-state index < -0.39 is 16.8 Å². The fourth-order valence-corrected chi connectivity index (χ4v) is 3.78. The lowest BCUT2D eigenvalue weighted by Crippen LogP contribution is -2.14. The molecule has 0 atom stereocenters. The zero-order valence-corrected chi connectivity index (χ0v) is 16.8. The second kappa shape index (κ2) is 8.85. The molecule has 29 heavy (non-hydrogen) atoms. The topological polar surface area (TPSA) is 98.5 Å². The molecule has 0 fully saturated rings.